The summed E-state index contributed by atoms with van der Waals surface area (Å²) in [4.78, 5) is 24.0. The topological polar surface area (TPSA) is 64.6 Å². The lowest BCUT2D eigenvalue weighted by molar-refractivity contribution is -0.150. The highest BCUT2D eigenvalue weighted by atomic mass is 16.6. The fourth-order valence-electron chi connectivity index (χ4n) is 3.01. The highest BCUT2D eigenvalue weighted by Gasteiger charge is 2.23. The Kier molecular flexibility index (Phi) is 7.44. The van der Waals surface area contributed by atoms with Crippen molar-refractivity contribution in [2.75, 3.05) is 0 Å². The lowest BCUT2D eigenvalue weighted by Crippen LogP contribution is -2.43. The van der Waals surface area contributed by atoms with E-state index in [1.165, 1.54) is 16.7 Å². The van der Waals surface area contributed by atoms with Gasteiger partial charge >= 0.3 is 12.1 Å². The monoisotopic (exact) mass is 385 g/mol. The Bertz CT molecular complexity index is 744. The van der Waals surface area contributed by atoms with Gasteiger partial charge in [-0.15, -0.1) is 0 Å². The van der Waals surface area contributed by atoms with E-state index in [4.69, 9.17) is 9.47 Å². The molecule has 0 aromatic heterocycles. The minimum atomic E-state index is -0.766. The molecule has 0 bridgehead atoms. The van der Waals surface area contributed by atoms with E-state index in [0.29, 0.717) is 6.42 Å². The van der Waals surface area contributed by atoms with Gasteiger partial charge in [0.05, 0.1) is 0 Å². The van der Waals surface area contributed by atoms with Gasteiger partial charge in [0.2, 0.25) is 0 Å². The molecule has 0 spiro atoms. The Morgan fingerprint density at radius 3 is 2.46 bits per heavy atom. The molecule has 0 saturated carbocycles. The molecule has 1 aliphatic rings. The predicted molar refractivity (Wildman–Crippen MR) is 111 cm³/mol. The van der Waals surface area contributed by atoms with Crippen molar-refractivity contribution in [3.63, 3.8) is 0 Å². The summed E-state index contributed by atoms with van der Waals surface area (Å²) in [5.74, 6) is -0.464. The van der Waals surface area contributed by atoms with Crippen LogP contribution < -0.4 is 5.32 Å². The third-order valence-electron chi connectivity index (χ3n) is 4.25. The zero-order valence-corrected chi connectivity index (χ0v) is 17.5. The maximum absolute atomic E-state index is 12.3. The first-order chi connectivity index (χ1) is 13.1. The van der Waals surface area contributed by atoms with E-state index in [-0.39, 0.29) is 6.10 Å². The van der Waals surface area contributed by atoms with E-state index in [0.717, 1.165) is 12.8 Å². The van der Waals surface area contributed by atoms with Gasteiger partial charge in [-0.05, 0) is 58.6 Å². The minimum absolute atomic E-state index is 0.267. The van der Waals surface area contributed by atoms with Crippen molar-refractivity contribution >= 4 is 17.6 Å². The Labute approximate surface area is 167 Å². The SMILES string of the molecule is CC(CC1=CC(c2ccccc2)=CCC1)OC(=O)[C@H](C)NC(=O)OC(C)(C)C. The molecule has 2 rings (SSSR count). The lowest BCUT2D eigenvalue weighted by Gasteiger charge is -2.23. The van der Waals surface area contributed by atoms with Crippen molar-refractivity contribution in [1.82, 2.24) is 5.32 Å². The fraction of sp³-hybridized carbons (Fsp3) is 0.478. The molecule has 1 aromatic rings. The Hall–Kier alpha value is -2.56. The van der Waals surface area contributed by atoms with Crippen molar-refractivity contribution in [3.8, 4) is 0 Å². The van der Waals surface area contributed by atoms with E-state index >= 15 is 0 Å². The molecule has 1 aliphatic carbocycles. The Balaban J connectivity index is 1.86. The average Bonchev–Trinajstić information content (AvgIpc) is 2.60. The highest BCUT2D eigenvalue weighted by molar-refractivity contribution is 5.81. The second-order valence-corrected chi connectivity index (χ2v) is 8.19. The summed E-state index contributed by atoms with van der Waals surface area (Å²) in [7, 11) is 0. The molecule has 0 heterocycles. The van der Waals surface area contributed by atoms with Crippen LogP contribution >= 0.6 is 0 Å². The molecule has 1 unspecified atom stereocenters. The van der Waals surface area contributed by atoms with Gasteiger partial charge in [0.15, 0.2) is 0 Å². The molecule has 152 valence electrons. The first kappa shape index (κ1) is 21.7. The third-order valence-corrected chi connectivity index (χ3v) is 4.25. The zero-order valence-electron chi connectivity index (χ0n) is 17.5. The number of nitrogens with one attached hydrogen (secondary N) is 1. The third kappa shape index (κ3) is 7.22. The minimum Gasteiger partial charge on any atom is -0.461 e. The number of esters is 1. The molecule has 1 N–H and O–H groups in total. The largest absolute Gasteiger partial charge is 0.461 e. The molecule has 1 amide bonds. The molecule has 28 heavy (non-hydrogen) atoms. The van der Waals surface area contributed by atoms with Crippen molar-refractivity contribution < 1.29 is 19.1 Å². The van der Waals surface area contributed by atoms with E-state index in [2.05, 4.69) is 29.6 Å². The van der Waals surface area contributed by atoms with Gasteiger partial charge in [0, 0.05) is 6.42 Å². The van der Waals surface area contributed by atoms with Gasteiger partial charge < -0.3 is 14.8 Å². The molecule has 5 nitrogen and oxygen atoms in total. The summed E-state index contributed by atoms with van der Waals surface area (Å²) < 4.78 is 10.7. The number of benzene rings is 1. The van der Waals surface area contributed by atoms with Gasteiger partial charge in [-0.25, -0.2) is 9.59 Å². The molecular formula is C23H31NO4. The van der Waals surface area contributed by atoms with Gasteiger partial charge in [-0.1, -0.05) is 48.1 Å². The van der Waals surface area contributed by atoms with Crippen molar-refractivity contribution in [1.29, 1.82) is 0 Å². The molecule has 1 aromatic carbocycles. The first-order valence-electron chi connectivity index (χ1n) is 9.79. The number of carbonyl (C=O) groups is 2. The molecule has 0 saturated heterocycles. The second kappa shape index (κ2) is 9.58. The highest BCUT2D eigenvalue weighted by Crippen LogP contribution is 2.28. The average molecular weight is 386 g/mol. The van der Waals surface area contributed by atoms with Crippen molar-refractivity contribution in [2.45, 2.75) is 71.6 Å². The molecule has 0 fully saturated rings. The number of hydrogen-bond acceptors (Lipinski definition) is 4. The first-order valence-corrected chi connectivity index (χ1v) is 9.79. The zero-order chi connectivity index (χ0) is 20.7. The number of hydrogen-bond donors (Lipinski definition) is 1. The van der Waals surface area contributed by atoms with Gasteiger partial charge in [-0.3, -0.25) is 0 Å². The Morgan fingerprint density at radius 1 is 1.14 bits per heavy atom. The number of alkyl carbamates (subject to hydrolysis) is 1. The van der Waals surface area contributed by atoms with Crippen LogP contribution in [0.15, 0.2) is 48.1 Å². The maximum atomic E-state index is 12.3. The van der Waals surface area contributed by atoms with E-state index < -0.39 is 23.7 Å². The smallest absolute Gasteiger partial charge is 0.408 e. The summed E-state index contributed by atoms with van der Waals surface area (Å²) >= 11 is 0. The number of allylic oxidation sites excluding steroid dienone is 3. The van der Waals surface area contributed by atoms with Gasteiger partial charge in [0.25, 0.3) is 0 Å². The summed E-state index contributed by atoms with van der Waals surface area (Å²) in [6, 6.07) is 9.49. The van der Waals surface area contributed by atoms with Crippen molar-refractivity contribution in [3.05, 3.63) is 53.6 Å². The van der Waals surface area contributed by atoms with Crippen LogP contribution in [0.4, 0.5) is 4.79 Å². The quantitative estimate of drug-likeness (QED) is 0.698. The lowest BCUT2D eigenvalue weighted by atomic mass is 9.92. The molecule has 2 atom stereocenters. The maximum Gasteiger partial charge on any atom is 0.408 e. The van der Waals surface area contributed by atoms with E-state index in [9.17, 15) is 9.59 Å². The fourth-order valence-corrected chi connectivity index (χ4v) is 3.01. The van der Waals surface area contributed by atoms with Crippen LogP contribution in [0.25, 0.3) is 5.57 Å². The van der Waals surface area contributed by atoms with Crippen LogP contribution in [0.1, 0.15) is 59.4 Å². The van der Waals surface area contributed by atoms with E-state index in [1.54, 1.807) is 27.7 Å². The summed E-state index contributed by atoms with van der Waals surface area (Å²) in [6.45, 7) is 8.78. The van der Waals surface area contributed by atoms with Crippen LogP contribution in [-0.2, 0) is 14.3 Å². The number of ether oxygens (including phenoxy) is 2. The number of amides is 1. The normalized spacial score (nSPS) is 16.3. The number of carbonyl (C=O) groups excluding carboxylic acids is 2. The van der Waals surface area contributed by atoms with E-state index in [1.807, 2.05) is 25.1 Å². The summed E-state index contributed by atoms with van der Waals surface area (Å²) in [5.41, 5.74) is 3.05. The van der Waals surface area contributed by atoms with Crippen LogP contribution in [0.3, 0.4) is 0 Å². The Morgan fingerprint density at radius 2 is 1.82 bits per heavy atom. The standard InChI is InChI=1S/C23H31NO4/c1-16(27-21(25)17(2)24-22(26)28-23(3,4)5)14-18-10-9-13-20(15-18)19-11-7-6-8-12-19/h6-8,11-13,15-17H,9-10,14H2,1-5H3,(H,24,26)/t16?,17-/m0/s1. The van der Waals surface area contributed by atoms with Gasteiger partial charge in [-0.2, -0.15) is 0 Å². The predicted octanol–water partition coefficient (Wildman–Crippen LogP) is 5.03. The van der Waals surface area contributed by atoms with Crippen LogP contribution in [0.2, 0.25) is 0 Å². The second-order valence-electron chi connectivity index (χ2n) is 8.19. The summed E-state index contributed by atoms with van der Waals surface area (Å²) in [5, 5.41) is 2.51. The number of rotatable bonds is 6. The van der Waals surface area contributed by atoms with Crippen molar-refractivity contribution in [2.24, 2.45) is 0 Å². The van der Waals surface area contributed by atoms with Crippen LogP contribution in [-0.4, -0.2) is 29.8 Å². The molecule has 0 aliphatic heterocycles. The van der Waals surface area contributed by atoms with Crippen LogP contribution in [0, 0.1) is 0 Å². The molecule has 5 heteroatoms. The van der Waals surface area contributed by atoms with Gasteiger partial charge in [0.1, 0.15) is 17.7 Å². The summed E-state index contributed by atoms with van der Waals surface area (Å²) in [6.07, 6.45) is 6.15. The van der Waals surface area contributed by atoms with Crippen LogP contribution in [0.5, 0.6) is 0 Å². The molecule has 0 radical (unpaired) electrons. The molecular weight excluding hydrogens is 354 g/mol.